The van der Waals surface area contributed by atoms with Gasteiger partial charge in [0.15, 0.2) is 9.84 Å². The molecule has 2 saturated carbocycles. The van der Waals surface area contributed by atoms with Crippen LogP contribution in [0.5, 0.6) is 0 Å². The summed E-state index contributed by atoms with van der Waals surface area (Å²) in [5.74, 6) is 1.52. The Balaban J connectivity index is 1.95. The van der Waals surface area contributed by atoms with E-state index in [1.807, 2.05) is 0 Å². The molecule has 2 aliphatic rings. The average molecular weight is 258 g/mol. The molecule has 0 amide bonds. The third kappa shape index (κ3) is 3.46. The third-order valence-electron chi connectivity index (χ3n) is 4.80. The molecule has 0 aromatic rings. The van der Waals surface area contributed by atoms with Crippen molar-refractivity contribution in [1.82, 2.24) is 0 Å². The molecule has 2 nitrogen and oxygen atoms in total. The van der Waals surface area contributed by atoms with Gasteiger partial charge in [0.1, 0.15) is 0 Å². The summed E-state index contributed by atoms with van der Waals surface area (Å²) in [6, 6.07) is 0. The number of rotatable bonds is 3. The van der Waals surface area contributed by atoms with Gasteiger partial charge in [0, 0.05) is 0 Å². The Kier molecular flexibility index (Phi) is 4.51. The lowest BCUT2D eigenvalue weighted by Gasteiger charge is -2.30. The van der Waals surface area contributed by atoms with E-state index in [9.17, 15) is 8.42 Å². The van der Waals surface area contributed by atoms with Gasteiger partial charge in [0.25, 0.3) is 0 Å². The molecule has 0 aliphatic heterocycles. The lowest BCUT2D eigenvalue weighted by Crippen LogP contribution is -2.32. The minimum absolute atomic E-state index is 0.00891. The van der Waals surface area contributed by atoms with Gasteiger partial charge in [-0.15, -0.1) is 0 Å². The molecule has 0 spiro atoms. The van der Waals surface area contributed by atoms with E-state index in [-0.39, 0.29) is 5.25 Å². The predicted octanol–water partition coefficient (Wildman–Crippen LogP) is 3.56. The molecule has 17 heavy (non-hydrogen) atoms. The van der Waals surface area contributed by atoms with Gasteiger partial charge in [0.2, 0.25) is 0 Å². The number of hydrogen-bond donors (Lipinski definition) is 0. The van der Waals surface area contributed by atoms with Crippen molar-refractivity contribution in [3.63, 3.8) is 0 Å². The van der Waals surface area contributed by atoms with Gasteiger partial charge in [-0.2, -0.15) is 0 Å². The minimum Gasteiger partial charge on any atom is -0.229 e. The SMILES string of the molecule is CC1CCCCC1CS(=O)(=O)C1CCCCC1. The van der Waals surface area contributed by atoms with Crippen LogP contribution in [-0.2, 0) is 9.84 Å². The van der Waals surface area contributed by atoms with Crippen molar-refractivity contribution in [2.75, 3.05) is 5.75 Å². The molecule has 2 rings (SSSR count). The van der Waals surface area contributed by atoms with Crippen LogP contribution in [0.2, 0.25) is 0 Å². The Morgan fingerprint density at radius 1 is 0.882 bits per heavy atom. The first-order valence-electron chi connectivity index (χ1n) is 7.31. The Labute approximate surface area is 106 Å². The maximum atomic E-state index is 12.4. The zero-order valence-electron chi connectivity index (χ0n) is 11.0. The van der Waals surface area contributed by atoms with Crippen LogP contribution in [0.25, 0.3) is 0 Å². The highest BCUT2D eigenvalue weighted by atomic mass is 32.2. The molecule has 0 bridgehead atoms. The molecule has 0 aromatic heterocycles. The molecular weight excluding hydrogens is 232 g/mol. The van der Waals surface area contributed by atoms with Crippen LogP contribution in [0.15, 0.2) is 0 Å². The molecular formula is C14H26O2S. The van der Waals surface area contributed by atoms with E-state index in [1.165, 1.54) is 25.7 Å². The third-order valence-corrected chi connectivity index (χ3v) is 7.18. The normalized spacial score (nSPS) is 32.5. The van der Waals surface area contributed by atoms with Gasteiger partial charge < -0.3 is 0 Å². The van der Waals surface area contributed by atoms with E-state index in [2.05, 4.69) is 6.92 Å². The van der Waals surface area contributed by atoms with Crippen molar-refractivity contribution in [1.29, 1.82) is 0 Å². The van der Waals surface area contributed by atoms with E-state index in [4.69, 9.17) is 0 Å². The highest BCUT2D eigenvalue weighted by Gasteiger charge is 2.32. The highest BCUT2D eigenvalue weighted by Crippen LogP contribution is 2.33. The Bertz CT molecular complexity index is 328. The average Bonchev–Trinajstić information content (AvgIpc) is 2.33. The molecule has 3 heteroatoms. The van der Waals surface area contributed by atoms with Crippen LogP contribution in [0.4, 0.5) is 0 Å². The van der Waals surface area contributed by atoms with E-state index >= 15 is 0 Å². The highest BCUT2D eigenvalue weighted by molar-refractivity contribution is 7.92. The fraction of sp³-hybridized carbons (Fsp3) is 1.00. The Morgan fingerprint density at radius 2 is 1.47 bits per heavy atom. The Morgan fingerprint density at radius 3 is 2.12 bits per heavy atom. The van der Waals surface area contributed by atoms with Crippen molar-refractivity contribution in [3.05, 3.63) is 0 Å². The van der Waals surface area contributed by atoms with E-state index in [0.717, 1.165) is 32.1 Å². The molecule has 2 aliphatic carbocycles. The summed E-state index contributed by atoms with van der Waals surface area (Å²) in [5, 5.41) is -0.00891. The summed E-state index contributed by atoms with van der Waals surface area (Å²) >= 11 is 0. The minimum atomic E-state index is -2.82. The zero-order chi connectivity index (χ0) is 12.3. The largest absolute Gasteiger partial charge is 0.229 e. The molecule has 0 N–H and O–H groups in total. The Hall–Kier alpha value is -0.0500. The topological polar surface area (TPSA) is 34.1 Å². The standard InChI is InChI=1S/C14H26O2S/c1-12-7-5-6-8-13(12)11-17(15,16)14-9-3-2-4-10-14/h12-14H,2-11H2,1H3. The second kappa shape index (κ2) is 5.73. The first-order valence-corrected chi connectivity index (χ1v) is 9.03. The lowest BCUT2D eigenvalue weighted by molar-refractivity contribution is 0.278. The maximum Gasteiger partial charge on any atom is 0.153 e. The summed E-state index contributed by atoms with van der Waals surface area (Å²) in [6.07, 6.45) is 10.2. The summed E-state index contributed by atoms with van der Waals surface area (Å²) in [5.41, 5.74) is 0. The van der Waals surface area contributed by atoms with Crippen LogP contribution < -0.4 is 0 Å². The fourth-order valence-corrected chi connectivity index (χ4v) is 5.92. The van der Waals surface area contributed by atoms with Crippen molar-refractivity contribution in [2.45, 2.75) is 70.0 Å². The fourth-order valence-electron chi connectivity index (χ4n) is 3.50. The molecule has 2 atom stereocenters. The van der Waals surface area contributed by atoms with Gasteiger partial charge in [0.05, 0.1) is 11.0 Å². The number of sulfone groups is 1. The van der Waals surface area contributed by atoms with Crippen LogP contribution in [-0.4, -0.2) is 19.4 Å². The summed E-state index contributed by atoms with van der Waals surface area (Å²) in [7, 11) is -2.82. The molecule has 100 valence electrons. The van der Waals surface area contributed by atoms with Crippen LogP contribution in [0.3, 0.4) is 0 Å². The van der Waals surface area contributed by atoms with Crippen LogP contribution in [0.1, 0.15) is 64.7 Å². The van der Waals surface area contributed by atoms with Gasteiger partial charge in [-0.3, -0.25) is 0 Å². The van der Waals surface area contributed by atoms with Crippen molar-refractivity contribution < 1.29 is 8.42 Å². The second-order valence-corrected chi connectivity index (χ2v) is 8.44. The first-order chi connectivity index (χ1) is 8.09. The first kappa shape index (κ1) is 13.4. The monoisotopic (exact) mass is 258 g/mol. The van der Waals surface area contributed by atoms with Crippen LogP contribution in [0, 0.1) is 11.8 Å². The van der Waals surface area contributed by atoms with E-state index in [1.54, 1.807) is 0 Å². The summed E-state index contributed by atoms with van der Waals surface area (Å²) < 4.78 is 24.8. The lowest BCUT2D eigenvalue weighted by atomic mass is 9.82. The van der Waals surface area contributed by atoms with Gasteiger partial charge >= 0.3 is 0 Å². The summed E-state index contributed by atoms with van der Waals surface area (Å²) in [6.45, 7) is 2.24. The van der Waals surface area contributed by atoms with Crippen molar-refractivity contribution in [2.24, 2.45) is 11.8 Å². The molecule has 2 fully saturated rings. The molecule has 2 unspecified atom stereocenters. The van der Waals surface area contributed by atoms with Gasteiger partial charge in [-0.05, 0) is 31.1 Å². The summed E-state index contributed by atoms with van der Waals surface area (Å²) in [4.78, 5) is 0. The smallest absolute Gasteiger partial charge is 0.153 e. The number of hydrogen-bond acceptors (Lipinski definition) is 2. The van der Waals surface area contributed by atoms with Crippen LogP contribution >= 0.6 is 0 Å². The van der Waals surface area contributed by atoms with Crippen molar-refractivity contribution >= 4 is 9.84 Å². The zero-order valence-corrected chi connectivity index (χ0v) is 11.8. The predicted molar refractivity (Wildman–Crippen MR) is 71.8 cm³/mol. The molecule has 0 radical (unpaired) electrons. The van der Waals surface area contributed by atoms with Gasteiger partial charge in [-0.25, -0.2) is 8.42 Å². The molecule has 0 saturated heterocycles. The second-order valence-electron chi connectivity index (χ2n) is 6.11. The van der Waals surface area contributed by atoms with Gasteiger partial charge in [-0.1, -0.05) is 45.4 Å². The van der Waals surface area contributed by atoms with E-state index < -0.39 is 9.84 Å². The maximum absolute atomic E-state index is 12.4. The quantitative estimate of drug-likeness (QED) is 0.775. The molecule has 0 aromatic carbocycles. The molecule has 0 heterocycles. The van der Waals surface area contributed by atoms with E-state index in [0.29, 0.717) is 17.6 Å². The van der Waals surface area contributed by atoms with Crippen molar-refractivity contribution in [3.8, 4) is 0 Å².